The molecule has 0 spiro atoms. The summed E-state index contributed by atoms with van der Waals surface area (Å²) in [7, 11) is 0. The highest BCUT2D eigenvalue weighted by Crippen LogP contribution is 2.42. The molecule has 0 aromatic rings. The summed E-state index contributed by atoms with van der Waals surface area (Å²) in [6.45, 7) is 4.20. The van der Waals surface area contributed by atoms with E-state index in [1.54, 1.807) is 23.6 Å². The van der Waals surface area contributed by atoms with Crippen LogP contribution in [0.2, 0.25) is 0 Å². The van der Waals surface area contributed by atoms with E-state index in [4.69, 9.17) is 0 Å². The van der Waals surface area contributed by atoms with Crippen molar-refractivity contribution in [3.05, 3.63) is 0 Å². The predicted molar refractivity (Wildman–Crippen MR) is 67.1 cm³/mol. The number of aliphatic carboxylic acids is 1. The predicted octanol–water partition coefficient (Wildman–Crippen LogP) is 1.74. The first kappa shape index (κ1) is 12.7. The Morgan fingerprint density at radius 1 is 1.24 bits per heavy atom. The Hall–Kier alpha value is -0.710. The third-order valence-corrected chi connectivity index (χ3v) is 5.53. The van der Waals surface area contributed by atoms with Crippen LogP contribution in [-0.4, -0.2) is 44.5 Å². The fraction of sp³-hybridized carbons (Fsp3) is 0.833. The standard InChI is InChI=1S/C12H19NO3S/c1-11(10(15)16)5-3-7-13(11)9(14)12(2)6-4-8-17-12/h3-8H2,1-2H3,(H,15,16). The highest BCUT2D eigenvalue weighted by atomic mass is 32.2. The van der Waals surface area contributed by atoms with E-state index >= 15 is 0 Å². The molecule has 2 rings (SSSR count). The second-order valence-corrected chi connectivity index (χ2v) is 6.92. The molecule has 17 heavy (non-hydrogen) atoms. The summed E-state index contributed by atoms with van der Waals surface area (Å²) in [6.07, 6.45) is 3.26. The average molecular weight is 257 g/mol. The zero-order valence-electron chi connectivity index (χ0n) is 10.4. The summed E-state index contributed by atoms with van der Waals surface area (Å²) >= 11 is 1.67. The molecule has 0 saturated carbocycles. The van der Waals surface area contributed by atoms with Crippen molar-refractivity contribution in [3.8, 4) is 0 Å². The lowest BCUT2D eigenvalue weighted by Gasteiger charge is -2.36. The van der Waals surface area contributed by atoms with Crippen molar-refractivity contribution >= 4 is 23.6 Å². The van der Waals surface area contributed by atoms with Crippen molar-refractivity contribution in [2.24, 2.45) is 0 Å². The molecule has 2 fully saturated rings. The normalized spacial score (nSPS) is 37.4. The van der Waals surface area contributed by atoms with Crippen molar-refractivity contribution in [3.63, 3.8) is 0 Å². The smallest absolute Gasteiger partial charge is 0.329 e. The quantitative estimate of drug-likeness (QED) is 0.818. The van der Waals surface area contributed by atoms with Gasteiger partial charge in [-0.15, -0.1) is 11.8 Å². The maximum atomic E-state index is 12.5. The van der Waals surface area contributed by atoms with E-state index in [0.717, 1.165) is 25.0 Å². The SMILES string of the molecule is CC1(C(=O)N2CCCC2(C)C(=O)O)CCCS1. The van der Waals surface area contributed by atoms with Crippen LogP contribution in [0, 0.1) is 0 Å². The number of hydrogen-bond acceptors (Lipinski definition) is 3. The van der Waals surface area contributed by atoms with Crippen molar-refractivity contribution in [1.29, 1.82) is 0 Å². The van der Waals surface area contributed by atoms with E-state index in [9.17, 15) is 14.7 Å². The molecule has 1 amide bonds. The maximum Gasteiger partial charge on any atom is 0.329 e. The molecule has 5 heteroatoms. The molecule has 1 N–H and O–H groups in total. The summed E-state index contributed by atoms with van der Waals surface area (Å²) in [5.41, 5.74) is -0.997. The number of carboxylic acids is 1. The molecule has 0 aromatic carbocycles. The van der Waals surface area contributed by atoms with Crippen LogP contribution in [-0.2, 0) is 9.59 Å². The van der Waals surface area contributed by atoms with Gasteiger partial charge in [0, 0.05) is 6.54 Å². The summed E-state index contributed by atoms with van der Waals surface area (Å²) in [4.78, 5) is 25.5. The molecule has 4 nitrogen and oxygen atoms in total. The molecule has 0 aliphatic carbocycles. The average Bonchev–Trinajstić information content (AvgIpc) is 2.86. The molecular weight excluding hydrogens is 238 g/mol. The molecule has 0 aromatic heterocycles. The van der Waals surface area contributed by atoms with Gasteiger partial charge in [-0.2, -0.15) is 0 Å². The Bertz CT molecular complexity index is 352. The number of amides is 1. The van der Waals surface area contributed by atoms with E-state index < -0.39 is 16.3 Å². The largest absolute Gasteiger partial charge is 0.480 e. The number of carbonyl (C=O) groups excluding carboxylic acids is 1. The fourth-order valence-electron chi connectivity index (χ4n) is 2.74. The molecular formula is C12H19NO3S. The summed E-state index contributed by atoms with van der Waals surface area (Å²) in [6, 6.07) is 0. The first-order valence-electron chi connectivity index (χ1n) is 6.10. The van der Waals surface area contributed by atoms with Crippen LogP contribution in [0.1, 0.15) is 39.5 Å². The summed E-state index contributed by atoms with van der Waals surface area (Å²) in [5.74, 6) is 0.136. The first-order valence-corrected chi connectivity index (χ1v) is 7.08. The summed E-state index contributed by atoms with van der Waals surface area (Å²) in [5, 5.41) is 9.32. The third kappa shape index (κ3) is 1.94. The maximum absolute atomic E-state index is 12.5. The highest BCUT2D eigenvalue weighted by Gasteiger charge is 2.51. The Morgan fingerprint density at radius 3 is 2.47 bits per heavy atom. The monoisotopic (exact) mass is 257 g/mol. The van der Waals surface area contributed by atoms with Crippen LogP contribution in [0.5, 0.6) is 0 Å². The van der Waals surface area contributed by atoms with Gasteiger partial charge < -0.3 is 10.0 Å². The van der Waals surface area contributed by atoms with Gasteiger partial charge in [0.15, 0.2) is 0 Å². The van der Waals surface area contributed by atoms with Crippen LogP contribution in [0.3, 0.4) is 0 Å². The summed E-state index contributed by atoms with van der Waals surface area (Å²) < 4.78 is -0.402. The molecule has 2 heterocycles. The number of carbonyl (C=O) groups is 2. The molecule has 2 aliphatic heterocycles. The lowest BCUT2D eigenvalue weighted by Crippen LogP contribution is -2.55. The highest BCUT2D eigenvalue weighted by molar-refractivity contribution is 8.01. The molecule has 2 atom stereocenters. The number of hydrogen-bond donors (Lipinski definition) is 1. The van der Waals surface area contributed by atoms with E-state index in [-0.39, 0.29) is 5.91 Å². The van der Waals surface area contributed by atoms with Crippen molar-refractivity contribution in [2.45, 2.75) is 49.8 Å². The number of likely N-dealkylation sites (tertiary alicyclic amines) is 1. The van der Waals surface area contributed by atoms with Gasteiger partial charge in [-0.05, 0) is 45.3 Å². The van der Waals surface area contributed by atoms with Gasteiger partial charge in [0.25, 0.3) is 0 Å². The topological polar surface area (TPSA) is 57.6 Å². The van der Waals surface area contributed by atoms with Crippen LogP contribution in [0.25, 0.3) is 0 Å². The second-order valence-electron chi connectivity index (χ2n) is 5.32. The van der Waals surface area contributed by atoms with Gasteiger partial charge in [-0.1, -0.05) is 0 Å². The lowest BCUT2D eigenvalue weighted by molar-refractivity contribution is -0.156. The van der Waals surface area contributed by atoms with Gasteiger partial charge >= 0.3 is 5.97 Å². The van der Waals surface area contributed by atoms with Crippen LogP contribution >= 0.6 is 11.8 Å². The van der Waals surface area contributed by atoms with Gasteiger partial charge in [-0.25, -0.2) is 4.79 Å². The Balaban J connectivity index is 2.22. The molecule has 2 saturated heterocycles. The minimum atomic E-state index is -0.997. The van der Waals surface area contributed by atoms with Gasteiger partial charge in [0.05, 0.1) is 4.75 Å². The second kappa shape index (κ2) is 4.19. The van der Waals surface area contributed by atoms with E-state index in [1.165, 1.54) is 0 Å². The van der Waals surface area contributed by atoms with E-state index in [0.29, 0.717) is 13.0 Å². The van der Waals surface area contributed by atoms with Crippen LogP contribution < -0.4 is 0 Å². The van der Waals surface area contributed by atoms with Gasteiger partial charge in [-0.3, -0.25) is 4.79 Å². The zero-order valence-corrected chi connectivity index (χ0v) is 11.2. The first-order chi connectivity index (χ1) is 7.90. The Kier molecular flexibility index (Phi) is 3.14. The molecule has 96 valence electrons. The van der Waals surface area contributed by atoms with Crippen molar-refractivity contribution in [2.75, 3.05) is 12.3 Å². The fourth-order valence-corrected chi connectivity index (χ4v) is 4.01. The molecule has 2 unspecified atom stereocenters. The van der Waals surface area contributed by atoms with Crippen molar-refractivity contribution in [1.82, 2.24) is 4.90 Å². The van der Waals surface area contributed by atoms with Gasteiger partial charge in [0.1, 0.15) is 5.54 Å². The van der Waals surface area contributed by atoms with Crippen molar-refractivity contribution < 1.29 is 14.7 Å². The van der Waals surface area contributed by atoms with Crippen LogP contribution in [0.4, 0.5) is 0 Å². The van der Waals surface area contributed by atoms with Gasteiger partial charge in [0.2, 0.25) is 5.91 Å². The number of rotatable bonds is 2. The molecule has 0 bridgehead atoms. The third-order valence-electron chi connectivity index (χ3n) is 4.02. The number of carboxylic acid groups (broad SMARTS) is 1. The van der Waals surface area contributed by atoms with Crippen LogP contribution in [0.15, 0.2) is 0 Å². The number of thioether (sulfide) groups is 1. The lowest BCUT2D eigenvalue weighted by atomic mass is 9.96. The minimum Gasteiger partial charge on any atom is -0.480 e. The Labute approximate surface area is 106 Å². The minimum absolute atomic E-state index is 0.0161. The number of nitrogens with zero attached hydrogens (tertiary/aromatic N) is 1. The Morgan fingerprint density at radius 2 is 1.94 bits per heavy atom. The zero-order chi connectivity index (χ0) is 12.7. The molecule has 2 aliphatic rings. The molecule has 0 radical (unpaired) electrons. The van der Waals surface area contributed by atoms with E-state index in [1.807, 2.05) is 6.92 Å². The van der Waals surface area contributed by atoms with E-state index in [2.05, 4.69) is 0 Å².